The minimum absolute atomic E-state index is 0.0564. The van der Waals surface area contributed by atoms with Crippen LogP contribution in [-0.2, 0) is 9.53 Å². The maximum Gasteiger partial charge on any atom is 0.306 e. The van der Waals surface area contributed by atoms with Crippen LogP contribution in [0, 0.1) is 46.3 Å². The van der Waals surface area contributed by atoms with Crippen LogP contribution < -0.4 is 0 Å². The van der Waals surface area contributed by atoms with Gasteiger partial charge in [-0.2, -0.15) is 0 Å². The van der Waals surface area contributed by atoms with Crippen LogP contribution in [0.5, 0.6) is 0 Å². The number of fused-ring (bicyclic) bond motifs is 5. The van der Waals surface area contributed by atoms with Crippen molar-refractivity contribution in [2.24, 2.45) is 46.3 Å². The molecule has 5 fully saturated rings. The molecule has 140 valence electrons. The summed E-state index contributed by atoms with van der Waals surface area (Å²) < 4.78 is 5.36. The van der Waals surface area contributed by atoms with Crippen LogP contribution >= 0.6 is 0 Å². The molecule has 0 spiro atoms. The van der Waals surface area contributed by atoms with E-state index in [9.17, 15) is 4.79 Å². The van der Waals surface area contributed by atoms with E-state index in [1.807, 2.05) is 0 Å². The van der Waals surface area contributed by atoms with Crippen molar-refractivity contribution < 1.29 is 9.53 Å². The standard InChI is InChI=1S/C23H36O2/c1-22-11-4-3-5-16(22)6-7-17-19-9-8-18(15-13-21(24)25-14-15)23(19,2)12-10-20(17)22/h15-20H,3-14H2,1-2H3/t15-,16?,17-,18?,19+,20-,22-,23+/m0/s1. The molecule has 0 radical (unpaired) electrons. The molecule has 8 atom stereocenters. The highest BCUT2D eigenvalue weighted by Gasteiger charge is 2.60. The van der Waals surface area contributed by atoms with Gasteiger partial charge in [-0.15, -0.1) is 0 Å². The first-order valence-corrected chi connectivity index (χ1v) is 11.2. The average Bonchev–Trinajstić information content (AvgIpc) is 3.16. The summed E-state index contributed by atoms with van der Waals surface area (Å²) in [5.74, 6) is 5.21. The minimum atomic E-state index is 0.0564. The molecule has 25 heavy (non-hydrogen) atoms. The summed E-state index contributed by atoms with van der Waals surface area (Å²) in [5.41, 5.74) is 1.13. The SMILES string of the molecule is C[C@]12CCCCC1CC[C@H]1[C@H]3CCC([C@@H]4COC(=O)C4)[C@@]3(C)CC[C@@H]12. The Labute approximate surface area is 153 Å². The molecule has 5 rings (SSSR count). The van der Waals surface area contributed by atoms with Crippen molar-refractivity contribution in [3.63, 3.8) is 0 Å². The summed E-state index contributed by atoms with van der Waals surface area (Å²) in [6, 6.07) is 0. The van der Waals surface area contributed by atoms with Gasteiger partial charge in [0.1, 0.15) is 0 Å². The van der Waals surface area contributed by atoms with Crippen LogP contribution in [-0.4, -0.2) is 12.6 Å². The van der Waals surface area contributed by atoms with Gasteiger partial charge in [-0.3, -0.25) is 4.79 Å². The molecule has 2 nitrogen and oxygen atoms in total. The van der Waals surface area contributed by atoms with Crippen molar-refractivity contribution in [3.8, 4) is 0 Å². The molecule has 4 saturated carbocycles. The molecule has 2 heteroatoms. The number of rotatable bonds is 1. The predicted molar refractivity (Wildman–Crippen MR) is 98.9 cm³/mol. The van der Waals surface area contributed by atoms with Crippen LogP contribution in [0.4, 0.5) is 0 Å². The first kappa shape index (κ1) is 16.6. The average molecular weight is 345 g/mol. The van der Waals surface area contributed by atoms with Crippen LogP contribution in [0.15, 0.2) is 0 Å². The molecule has 0 bridgehead atoms. The van der Waals surface area contributed by atoms with Crippen molar-refractivity contribution in [1.29, 1.82) is 0 Å². The van der Waals surface area contributed by atoms with E-state index in [0.717, 1.165) is 29.6 Å². The van der Waals surface area contributed by atoms with E-state index in [1.54, 1.807) is 0 Å². The quantitative estimate of drug-likeness (QED) is 0.579. The lowest BCUT2D eigenvalue weighted by atomic mass is 9.44. The van der Waals surface area contributed by atoms with Gasteiger partial charge >= 0.3 is 5.97 Å². The number of carbonyl (C=O) groups is 1. The molecule has 0 aromatic carbocycles. The smallest absolute Gasteiger partial charge is 0.306 e. The summed E-state index contributed by atoms with van der Waals surface area (Å²) in [6.45, 7) is 5.98. The summed E-state index contributed by atoms with van der Waals surface area (Å²) in [7, 11) is 0. The molecule has 5 aliphatic rings. The fourth-order valence-electron chi connectivity index (χ4n) is 8.90. The Bertz CT molecular complexity index is 556. The predicted octanol–water partition coefficient (Wildman–Crippen LogP) is 5.60. The number of esters is 1. The van der Waals surface area contributed by atoms with Crippen molar-refractivity contribution in [1.82, 2.24) is 0 Å². The zero-order valence-electron chi connectivity index (χ0n) is 16.3. The Morgan fingerprint density at radius 1 is 0.840 bits per heavy atom. The van der Waals surface area contributed by atoms with Gasteiger partial charge in [-0.05, 0) is 91.8 Å². The number of hydrogen-bond donors (Lipinski definition) is 0. The van der Waals surface area contributed by atoms with Crippen LogP contribution in [0.2, 0.25) is 0 Å². The van der Waals surface area contributed by atoms with E-state index in [1.165, 1.54) is 64.2 Å². The zero-order valence-corrected chi connectivity index (χ0v) is 16.3. The Morgan fingerprint density at radius 3 is 2.44 bits per heavy atom. The van der Waals surface area contributed by atoms with Crippen LogP contribution in [0.3, 0.4) is 0 Å². The normalized spacial score (nSPS) is 55.2. The van der Waals surface area contributed by atoms with Crippen molar-refractivity contribution in [3.05, 3.63) is 0 Å². The summed E-state index contributed by atoms with van der Waals surface area (Å²) in [4.78, 5) is 11.7. The second-order valence-electron chi connectivity index (χ2n) is 10.8. The highest BCUT2D eigenvalue weighted by Crippen LogP contribution is 2.68. The first-order valence-electron chi connectivity index (χ1n) is 11.2. The third-order valence-corrected chi connectivity index (χ3v) is 10.1. The molecule has 0 amide bonds. The minimum Gasteiger partial charge on any atom is -0.465 e. The largest absolute Gasteiger partial charge is 0.465 e. The van der Waals surface area contributed by atoms with Gasteiger partial charge in [-0.25, -0.2) is 0 Å². The maximum atomic E-state index is 11.7. The van der Waals surface area contributed by atoms with E-state index in [2.05, 4.69) is 13.8 Å². The Hall–Kier alpha value is -0.530. The molecule has 1 heterocycles. The molecule has 0 N–H and O–H groups in total. The van der Waals surface area contributed by atoms with E-state index < -0.39 is 0 Å². The molecule has 2 unspecified atom stereocenters. The van der Waals surface area contributed by atoms with Crippen LogP contribution in [0.1, 0.15) is 84.5 Å². The lowest BCUT2D eigenvalue weighted by Gasteiger charge is -2.60. The van der Waals surface area contributed by atoms with E-state index in [-0.39, 0.29) is 5.97 Å². The van der Waals surface area contributed by atoms with Gasteiger partial charge in [0.05, 0.1) is 13.0 Å². The molecule has 4 aliphatic carbocycles. The van der Waals surface area contributed by atoms with Gasteiger partial charge < -0.3 is 4.74 Å². The van der Waals surface area contributed by atoms with Gasteiger partial charge in [0.25, 0.3) is 0 Å². The molecule has 1 aliphatic heterocycles. The lowest BCUT2D eigenvalue weighted by Crippen LogP contribution is -2.53. The van der Waals surface area contributed by atoms with E-state index in [0.29, 0.717) is 29.8 Å². The summed E-state index contributed by atoms with van der Waals surface area (Å²) in [5, 5.41) is 0. The summed E-state index contributed by atoms with van der Waals surface area (Å²) in [6.07, 6.45) is 15.3. The second-order valence-corrected chi connectivity index (χ2v) is 10.8. The molecule has 0 aromatic rings. The highest BCUT2D eigenvalue weighted by atomic mass is 16.5. The first-order chi connectivity index (χ1) is 12.0. The van der Waals surface area contributed by atoms with Crippen molar-refractivity contribution in [2.45, 2.75) is 84.5 Å². The fourth-order valence-corrected chi connectivity index (χ4v) is 8.90. The molecule has 0 aromatic heterocycles. The Morgan fingerprint density at radius 2 is 1.64 bits per heavy atom. The second kappa shape index (κ2) is 5.73. The number of carbonyl (C=O) groups excluding carboxylic acids is 1. The third kappa shape index (κ3) is 2.31. The number of ether oxygens (including phenoxy) is 1. The van der Waals surface area contributed by atoms with Gasteiger partial charge in [-0.1, -0.05) is 26.7 Å². The Balaban J connectivity index is 1.40. The summed E-state index contributed by atoms with van der Waals surface area (Å²) >= 11 is 0. The molecular weight excluding hydrogens is 308 g/mol. The van der Waals surface area contributed by atoms with Crippen molar-refractivity contribution in [2.75, 3.05) is 6.61 Å². The topological polar surface area (TPSA) is 26.3 Å². The number of cyclic esters (lactones) is 1. The highest BCUT2D eigenvalue weighted by molar-refractivity contribution is 5.71. The monoisotopic (exact) mass is 344 g/mol. The fraction of sp³-hybridized carbons (Fsp3) is 0.957. The third-order valence-electron chi connectivity index (χ3n) is 10.1. The maximum absolute atomic E-state index is 11.7. The molecule has 1 saturated heterocycles. The van der Waals surface area contributed by atoms with Gasteiger partial charge in [0.2, 0.25) is 0 Å². The van der Waals surface area contributed by atoms with E-state index >= 15 is 0 Å². The van der Waals surface area contributed by atoms with Gasteiger partial charge in [0.15, 0.2) is 0 Å². The Kier molecular flexibility index (Phi) is 3.81. The van der Waals surface area contributed by atoms with E-state index in [4.69, 9.17) is 4.74 Å². The van der Waals surface area contributed by atoms with Crippen molar-refractivity contribution >= 4 is 5.97 Å². The molecular formula is C23H36O2. The van der Waals surface area contributed by atoms with Crippen LogP contribution in [0.25, 0.3) is 0 Å². The lowest BCUT2D eigenvalue weighted by molar-refractivity contribution is -0.137. The number of hydrogen-bond acceptors (Lipinski definition) is 2. The van der Waals surface area contributed by atoms with Gasteiger partial charge in [0, 0.05) is 5.92 Å². The zero-order chi connectivity index (χ0) is 17.2.